The Morgan fingerprint density at radius 2 is 1.91 bits per heavy atom. The Hall–Kier alpha value is -1.49. The first-order valence-electron chi connectivity index (χ1n) is 6.94. The van der Waals surface area contributed by atoms with Crippen molar-refractivity contribution in [3.05, 3.63) is 64.7 Å². The molecule has 2 aromatic rings. The lowest BCUT2D eigenvalue weighted by Crippen LogP contribution is -2.23. The number of hydrogen-bond acceptors (Lipinski definition) is 3. The molecule has 0 saturated heterocycles. The molecule has 0 radical (unpaired) electrons. The Morgan fingerprint density at radius 1 is 1.18 bits per heavy atom. The van der Waals surface area contributed by atoms with E-state index in [0.717, 1.165) is 16.2 Å². The highest BCUT2D eigenvalue weighted by Gasteiger charge is 2.10. The molecule has 0 aliphatic heterocycles. The molecule has 0 spiro atoms. The highest BCUT2D eigenvalue weighted by molar-refractivity contribution is 7.99. The van der Waals surface area contributed by atoms with Crippen LogP contribution < -0.4 is 5.32 Å². The van der Waals surface area contributed by atoms with Crippen LogP contribution in [0.5, 0.6) is 0 Å². The summed E-state index contributed by atoms with van der Waals surface area (Å²) < 4.78 is 5.05. The van der Waals surface area contributed by atoms with Crippen molar-refractivity contribution in [1.82, 2.24) is 5.32 Å². The number of nitrogens with one attached hydrogen (secondary N) is 1. The van der Waals surface area contributed by atoms with Crippen LogP contribution in [0.2, 0.25) is 5.02 Å². The van der Waals surface area contributed by atoms with Crippen LogP contribution in [0.15, 0.2) is 53.4 Å². The van der Waals surface area contributed by atoms with Gasteiger partial charge in [0.2, 0.25) is 0 Å². The third-order valence-corrected chi connectivity index (χ3v) is 4.33. The zero-order chi connectivity index (χ0) is 15.8. The van der Waals surface area contributed by atoms with Crippen molar-refractivity contribution in [3.8, 4) is 0 Å². The van der Waals surface area contributed by atoms with Gasteiger partial charge in [-0.3, -0.25) is 4.79 Å². The third kappa shape index (κ3) is 5.05. The molecule has 5 heteroatoms. The average molecular weight is 336 g/mol. The second-order valence-corrected chi connectivity index (χ2v) is 6.22. The SMILES string of the molecule is COCCSc1ccccc1C(=O)NCc1ccc(Cl)cc1. The Morgan fingerprint density at radius 3 is 2.64 bits per heavy atom. The van der Waals surface area contributed by atoms with Crippen LogP contribution in [0.25, 0.3) is 0 Å². The number of ether oxygens (including phenoxy) is 1. The van der Waals surface area contributed by atoms with Crippen molar-refractivity contribution in [3.63, 3.8) is 0 Å². The van der Waals surface area contributed by atoms with Gasteiger partial charge in [0.1, 0.15) is 0 Å². The van der Waals surface area contributed by atoms with Gasteiger partial charge < -0.3 is 10.1 Å². The second kappa shape index (κ2) is 8.83. The number of amides is 1. The molecule has 0 bridgehead atoms. The first-order valence-corrected chi connectivity index (χ1v) is 8.30. The van der Waals surface area contributed by atoms with E-state index in [2.05, 4.69) is 5.32 Å². The number of rotatable bonds is 7. The molecule has 0 aromatic heterocycles. The summed E-state index contributed by atoms with van der Waals surface area (Å²) in [6.07, 6.45) is 0. The van der Waals surface area contributed by atoms with Crippen molar-refractivity contribution in [2.75, 3.05) is 19.5 Å². The summed E-state index contributed by atoms with van der Waals surface area (Å²) in [7, 11) is 1.67. The van der Waals surface area contributed by atoms with Gasteiger partial charge in [-0.05, 0) is 29.8 Å². The summed E-state index contributed by atoms with van der Waals surface area (Å²) in [6.45, 7) is 1.14. The summed E-state index contributed by atoms with van der Waals surface area (Å²) in [5.41, 5.74) is 1.71. The highest BCUT2D eigenvalue weighted by Crippen LogP contribution is 2.22. The first-order chi connectivity index (χ1) is 10.7. The fraction of sp³-hybridized carbons (Fsp3) is 0.235. The van der Waals surface area contributed by atoms with Gasteiger partial charge in [-0.2, -0.15) is 0 Å². The van der Waals surface area contributed by atoms with Gasteiger partial charge in [0.05, 0.1) is 12.2 Å². The monoisotopic (exact) mass is 335 g/mol. The van der Waals surface area contributed by atoms with Crippen molar-refractivity contribution in [1.29, 1.82) is 0 Å². The fourth-order valence-electron chi connectivity index (χ4n) is 1.89. The lowest BCUT2D eigenvalue weighted by atomic mass is 10.2. The molecule has 0 saturated carbocycles. The van der Waals surface area contributed by atoms with Gasteiger partial charge in [-0.1, -0.05) is 35.9 Å². The maximum atomic E-state index is 12.4. The Labute approximate surface area is 140 Å². The normalized spacial score (nSPS) is 10.5. The molecule has 116 valence electrons. The molecule has 22 heavy (non-hydrogen) atoms. The van der Waals surface area contributed by atoms with E-state index >= 15 is 0 Å². The molecule has 1 N–H and O–H groups in total. The molecule has 2 aromatic carbocycles. The molecular weight excluding hydrogens is 318 g/mol. The van der Waals surface area contributed by atoms with Crippen LogP contribution in [0.3, 0.4) is 0 Å². The average Bonchev–Trinajstić information content (AvgIpc) is 2.55. The van der Waals surface area contributed by atoms with Crippen LogP contribution in [-0.4, -0.2) is 25.4 Å². The van der Waals surface area contributed by atoms with Gasteiger partial charge in [-0.15, -0.1) is 11.8 Å². The summed E-state index contributed by atoms with van der Waals surface area (Å²) >= 11 is 7.47. The number of carbonyl (C=O) groups excluding carboxylic acids is 1. The summed E-state index contributed by atoms with van der Waals surface area (Å²) in [6, 6.07) is 15.0. The van der Waals surface area contributed by atoms with Crippen LogP contribution in [0.4, 0.5) is 0 Å². The molecule has 0 unspecified atom stereocenters. The number of carbonyl (C=O) groups is 1. The Bertz CT molecular complexity index is 616. The smallest absolute Gasteiger partial charge is 0.252 e. The zero-order valence-electron chi connectivity index (χ0n) is 12.3. The van der Waals surface area contributed by atoms with E-state index in [-0.39, 0.29) is 5.91 Å². The lowest BCUT2D eigenvalue weighted by molar-refractivity contribution is 0.0948. The second-order valence-electron chi connectivity index (χ2n) is 4.65. The van der Waals surface area contributed by atoms with Crippen molar-refractivity contribution < 1.29 is 9.53 Å². The molecule has 0 atom stereocenters. The van der Waals surface area contributed by atoms with Gasteiger partial charge in [0.15, 0.2) is 0 Å². The van der Waals surface area contributed by atoms with E-state index in [9.17, 15) is 4.79 Å². The van der Waals surface area contributed by atoms with E-state index < -0.39 is 0 Å². The molecular formula is C17H18ClNO2S. The topological polar surface area (TPSA) is 38.3 Å². The van der Waals surface area contributed by atoms with E-state index in [1.165, 1.54) is 0 Å². The highest BCUT2D eigenvalue weighted by atomic mass is 35.5. The van der Waals surface area contributed by atoms with Crippen LogP contribution >= 0.6 is 23.4 Å². The zero-order valence-corrected chi connectivity index (χ0v) is 13.9. The van der Waals surface area contributed by atoms with E-state index in [0.29, 0.717) is 23.7 Å². The predicted octanol–water partition coefficient (Wildman–Crippen LogP) is 4.01. The first kappa shape index (κ1) is 16.9. The number of halogens is 1. The molecule has 0 aliphatic rings. The number of thioether (sulfide) groups is 1. The molecule has 2 rings (SSSR count). The van der Waals surface area contributed by atoms with Crippen molar-refractivity contribution in [2.45, 2.75) is 11.4 Å². The van der Waals surface area contributed by atoms with E-state index in [1.54, 1.807) is 18.9 Å². The standard InChI is InChI=1S/C17H18ClNO2S/c1-21-10-11-22-16-5-3-2-4-15(16)17(20)19-12-13-6-8-14(18)9-7-13/h2-9H,10-12H2,1H3,(H,19,20). The van der Waals surface area contributed by atoms with Crippen molar-refractivity contribution >= 4 is 29.3 Å². The van der Waals surface area contributed by atoms with Crippen LogP contribution in [0, 0.1) is 0 Å². The predicted molar refractivity (Wildman–Crippen MR) is 91.7 cm³/mol. The van der Waals surface area contributed by atoms with Crippen LogP contribution in [0.1, 0.15) is 15.9 Å². The Balaban J connectivity index is 1.98. The number of benzene rings is 2. The summed E-state index contributed by atoms with van der Waals surface area (Å²) in [4.78, 5) is 13.3. The summed E-state index contributed by atoms with van der Waals surface area (Å²) in [5, 5.41) is 3.63. The maximum absolute atomic E-state index is 12.4. The minimum absolute atomic E-state index is 0.0736. The van der Waals surface area contributed by atoms with Gasteiger partial charge in [0.25, 0.3) is 5.91 Å². The quantitative estimate of drug-likeness (QED) is 0.613. The number of hydrogen-bond donors (Lipinski definition) is 1. The fourth-order valence-corrected chi connectivity index (χ4v) is 2.98. The lowest BCUT2D eigenvalue weighted by Gasteiger charge is -2.10. The molecule has 3 nitrogen and oxygen atoms in total. The molecule has 0 heterocycles. The molecule has 0 aliphatic carbocycles. The summed E-state index contributed by atoms with van der Waals surface area (Å²) in [5.74, 6) is 0.744. The van der Waals surface area contributed by atoms with Gasteiger partial charge in [-0.25, -0.2) is 0 Å². The molecule has 1 amide bonds. The van der Waals surface area contributed by atoms with E-state index in [4.69, 9.17) is 16.3 Å². The molecule has 0 fully saturated rings. The number of methoxy groups -OCH3 is 1. The van der Waals surface area contributed by atoms with Gasteiger partial charge in [0, 0.05) is 29.3 Å². The van der Waals surface area contributed by atoms with E-state index in [1.807, 2.05) is 48.5 Å². The Kier molecular flexibility index (Phi) is 6.77. The minimum Gasteiger partial charge on any atom is -0.384 e. The van der Waals surface area contributed by atoms with Gasteiger partial charge >= 0.3 is 0 Å². The largest absolute Gasteiger partial charge is 0.384 e. The van der Waals surface area contributed by atoms with Crippen molar-refractivity contribution in [2.24, 2.45) is 0 Å². The third-order valence-electron chi connectivity index (χ3n) is 3.04. The minimum atomic E-state index is -0.0736. The van der Waals surface area contributed by atoms with Crippen LogP contribution in [-0.2, 0) is 11.3 Å². The maximum Gasteiger partial charge on any atom is 0.252 e.